The monoisotopic (exact) mass is 1400 g/mol. The van der Waals surface area contributed by atoms with Crippen molar-refractivity contribution in [3.05, 3.63) is 21.2 Å². The van der Waals surface area contributed by atoms with Crippen LogP contribution in [0.4, 0.5) is 0 Å². The van der Waals surface area contributed by atoms with Gasteiger partial charge in [-0.15, -0.1) is 0 Å². The summed E-state index contributed by atoms with van der Waals surface area (Å²) in [6.45, 7) is 15.0. The molecule has 34 heteroatoms. The number of aliphatic hydroxyl groups is 5. The van der Waals surface area contributed by atoms with Gasteiger partial charge in [0.2, 0.25) is 6.29 Å². The second-order valence-corrected chi connectivity index (χ2v) is 27.0. The first kappa shape index (κ1) is 73.2. The summed E-state index contributed by atoms with van der Waals surface area (Å²) in [5, 5.41) is 69.1. The van der Waals surface area contributed by atoms with Gasteiger partial charge in [-0.3, -0.25) is 9.59 Å². The quantitative estimate of drug-likeness (QED) is 0.112. The number of hydrogen-bond donors (Lipinski definition) is 6. The van der Waals surface area contributed by atoms with Gasteiger partial charge in [0, 0.05) is 34.2 Å². The standard InChI is InChI=1S/C61H88Cl2O32/c1-21(2)53(70)87-49-45-32(92-61(93-45)52-51(78-20-79-52)60(72,27(8)64)28(9)91-61)19-77-56(49)89-57-48(76-14)39(68)44(31(83-57)18-73-11)88-55-40(69)47(43(74-12)24(5)82-55)85-34-17-58(10)50(26(7)81-34)94-59(95-58)16-30(66)42(25(6)90-59)84-33-15-29(65)41(23(4)80-33)86-54(71)35-22(3)36(62)38(67)37(63)46(35)75-13/h21,23-26,28-34,39-45,47-52,55-57,65-69,72H,15-20H2,1-14H3/t23-,24-,25-,26-,28-,29-,30-,31-,32+,33+,34+,39+,40-,41-,42-,43+,44-,45-,47-,48+,49-,50-,51-,52-,55+,56+,57+,58-,59-,60+,61+/m1/s1. The van der Waals surface area contributed by atoms with E-state index in [-0.39, 0.29) is 66.2 Å². The Morgan fingerprint density at radius 2 is 1.34 bits per heavy atom. The van der Waals surface area contributed by atoms with Crippen LogP contribution in [0.3, 0.4) is 0 Å². The molecule has 538 valence electrons. The smallest absolute Gasteiger partial charge is 0.342 e. The molecule has 10 fully saturated rings. The van der Waals surface area contributed by atoms with Gasteiger partial charge >= 0.3 is 17.9 Å². The minimum atomic E-state index is -2.13. The number of esters is 2. The molecule has 11 rings (SSSR count). The molecule has 0 unspecified atom stereocenters. The van der Waals surface area contributed by atoms with Crippen molar-refractivity contribution in [3.8, 4) is 11.5 Å². The number of carbonyl (C=O) groups is 3. The van der Waals surface area contributed by atoms with E-state index in [4.69, 9.17) is 132 Å². The summed E-state index contributed by atoms with van der Waals surface area (Å²) in [5.41, 5.74) is -3.34. The van der Waals surface area contributed by atoms with E-state index in [0.29, 0.717) is 0 Å². The minimum absolute atomic E-state index is 0.00299. The van der Waals surface area contributed by atoms with Crippen LogP contribution in [0.2, 0.25) is 10.0 Å². The van der Waals surface area contributed by atoms with Crippen LogP contribution < -0.4 is 4.74 Å². The van der Waals surface area contributed by atoms with Crippen molar-refractivity contribution >= 4 is 40.9 Å². The number of ether oxygens (including phenoxy) is 23. The number of halogens is 2. The van der Waals surface area contributed by atoms with Gasteiger partial charge in [0.15, 0.2) is 66.4 Å². The number of aliphatic hydroxyl groups excluding tert-OH is 4. The van der Waals surface area contributed by atoms with Crippen LogP contribution in [0, 0.1) is 12.8 Å². The van der Waals surface area contributed by atoms with Crippen LogP contribution in [-0.2, 0) is 114 Å². The number of ketones is 1. The van der Waals surface area contributed by atoms with E-state index in [2.05, 4.69) is 0 Å². The molecule has 10 heterocycles. The summed E-state index contributed by atoms with van der Waals surface area (Å²) in [7, 11) is 5.35. The molecule has 10 aliphatic rings. The molecular weight excluding hydrogens is 1320 g/mol. The van der Waals surface area contributed by atoms with E-state index in [0.717, 1.165) is 0 Å². The Morgan fingerprint density at radius 3 is 1.99 bits per heavy atom. The number of benzene rings is 1. The van der Waals surface area contributed by atoms with E-state index in [1.54, 1.807) is 48.5 Å². The first-order valence-electron chi connectivity index (χ1n) is 31.7. The number of phenols is 1. The third kappa shape index (κ3) is 13.4. The van der Waals surface area contributed by atoms with Crippen LogP contribution >= 0.6 is 23.2 Å². The van der Waals surface area contributed by atoms with Crippen molar-refractivity contribution in [2.24, 2.45) is 5.92 Å². The second-order valence-electron chi connectivity index (χ2n) is 26.2. The minimum Gasteiger partial charge on any atom is -0.505 e. The molecule has 0 amide bonds. The lowest BCUT2D eigenvalue weighted by Crippen LogP contribution is -2.72. The largest absolute Gasteiger partial charge is 0.505 e. The molecule has 0 aromatic heterocycles. The van der Waals surface area contributed by atoms with Gasteiger partial charge in [0.1, 0.15) is 96.2 Å². The maximum atomic E-state index is 13.6. The fourth-order valence-electron chi connectivity index (χ4n) is 14.6. The van der Waals surface area contributed by atoms with Crippen molar-refractivity contribution in [2.45, 2.75) is 277 Å². The van der Waals surface area contributed by atoms with Gasteiger partial charge in [-0.05, 0) is 61.0 Å². The van der Waals surface area contributed by atoms with Crippen molar-refractivity contribution in [3.63, 3.8) is 0 Å². The fourth-order valence-corrected chi connectivity index (χ4v) is 15.1. The molecule has 0 aliphatic carbocycles. The number of methoxy groups -OCH3 is 4. The molecule has 32 nitrogen and oxygen atoms in total. The summed E-state index contributed by atoms with van der Waals surface area (Å²) in [4.78, 5) is 39.8. The fraction of sp³-hybridized carbons (Fsp3) is 0.852. The average molecular weight is 1400 g/mol. The number of phenolic OH excluding ortho intramolecular Hbond substituents is 1. The molecule has 1 aromatic rings. The third-order valence-corrected chi connectivity index (χ3v) is 20.2. The van der Waals surface area contributed by atoms with Gasteiger partial charge in [0.25, 0.3) is 5.97 Å². The maximum absolute atomic E-state index is 13.6. The molecule has 10 saturated heterocycles. The maximum Gasteiger partial charge on any atom is 0.342 e. The third-order valence-electron chi connectivity index (χ3n) is 19.4. The van der Waals surface area contributed by atoms with E-state index in [1.807, 2.05) is 0 Å². The van der Waals surface area contributed by atoms with Gasteiger partial charge in [-0.1, -0.05) is 37.0 Å². The highest BCUT2D eigenvalue weighted by molar-refractivity contribution is 6.39. The zero-order valence-electron chi connectivity index (χ0n) is 55.0. The lowest BCUT2D eigenvalue weighted by Gasteiger charge is -2.49. The molecule has 1 aromatic carbocycles. The number of carbonyl (C=O) groups excluding carboxylic acids is 3. The summed E-state index contributed by atoms with van der Waals surface area (Å²) < 4.78 is 142. The van der Waals surface area contributed by atoms with Crippen LogP contribution in [0.25, 0.3) is 0 Å². The van der Waals surface area contributed by atoms with E-state index in [1.165, 1.54) is 49.2 Å². The highest BCUT2D eigenvalue weighted by atomic mass is 35.5. The molecular formula is C61H88Cl2O32. The van der Waals surface area contributed by atoms with Crippen LogP contribution in [0.15, 0.2) is 0 Å². The van der Waals surface area contributed by atoms with Crippen LogP contribution in [0.5, 0.6) is 11.5 Å². The molecule has 2 spiro atoms. The average Bonchev–Trinajstić information content (AvgIpc) is 1.59. The van der Waals surface area contributed by atoms with Gasteiger partial charge in [-0.2, -0.15) is 0 Å². The Kier molecular flexibility index (Phi) is 21.9. The molecule has 6 N–H and O–H groups in total. The van der Waals surface area contributed by atoms with E-state index in [9.17, 15) is 45.0 Å². The van der Waals surface area contributed by atoms with E-state index >= 15 is 0 Å². The molecule has 0 radical (unpaired) electrons. The van der Waals surface area contributed by atoms with Crippen molar-refractivity contribution in [1.82, 2.24) is 0 Å². The predicted octanol–water partition coefficient (Wildman–Crippen LogP) is 1.05. The number of Topliss-reactive ketones (excluding diaryl/α,β-unsaturated/α-hetero) is 1. The number of fused-ring (bicyclic) bond motifs is 4. The molecule has 95 heavy (non-hydrogen) atoms. The Balaban J connectivity index is 0.722. The number of aromatic hydroxyl groups is 1. The number of rotatable bonds is 18. The first-order valence-corrected chi connectivity index (χ1v) is 32.5. The first-order chi connectivity index (χ1) is 44.9. The summed E-state index contributed by atoms with van der Waals surface area (Å²) >= 11 is 12.5. The summed E-state index contributed by atoms with van der Waals surface area (Å²) in [6.07, 6.45) is -32.8. The predicted molar refractivity (Wildman–Crippen MR) is 313 cm³/mol. The SMILES string of the molecule is COC[C@H]1O[C@@H](O[C@@H]2OC[C@@H]3O[C@@]4(O[C@H]3[C@H]2OC(=O)C(C)C)O[C@H](C)[C@@](O)(C(C)=O)[C@@H]2OCO[C@H]24)[C@@H](OC)[C@@H](O)[C@@H]1O[C@@H]1O[C@H](C)[C@H](OC)[C@H](O[C@H]2C[C@@]3(C)O[C@@]4(C[C@@H](O)[C@H](O[C@H]5C[C@@H](O)[C@H](OC(=O)c6c(C)c(Cl)c(O)c(Cl)c6OC)[C@@H](C)O5)[C@@H](C)O4)O[C@@H]3[C@@H](C)O2)[C@H]1O. The van der Waals surface area contributed by atoms with Gasteiger partial charge in [0.05, 0.1) is 80.4 Å². The number of hydrogen-bond acceptors (Lipinski definition) is 32. The Bertz CT molecular complexity index is 2890. The summed E-state index contributed by atoms with van der Waals surface area (Å²) in [6, 6.07) is 0. The Morgan fingerprint density at radius 1 is 0.653 bits per heavy atom. The normalized spacial score (nSPS) is 47.3. The lowest BCUT2D eigenvalue weighted by molar-refractivity contribution is -0.428. The molecule has 31 atom stereocenters. The Labute approximate surface area is 557 Å². The van der Waals surface area contributed by atoms with Crippen LogP contribution in [0.1, 0.15) is 97.5 Å². The molecule has 0 saturated carbocycles. The Hall–Kier alpha value is -2.99. The second kappa shape index (κ2) is 28.4. The zero-order valence-corrected chi connectivity index (χ0v) is 56.5. The molecule has 10 aliphatic heterocycles. The van der Waals surface area contributed by atoms with Crippen molar-refractivity contribution in [2.75, 3.05) is 48.4 Å². The van der Waals surface area contributed by atoms with Crippen LogP contribution in [-0.4, -0.2) is 286 Å². The van der Waals surface area contributed by atoms with Gasteiger partial charge in [-0.25, -0.2) is 4.79 Å². The summed E-state index contributed by atoms with van der Waals surface area (Å²) in [5.74, 6) is -7.41. The lowest BCUT2D eigenvalue weighted by atomic mass is 9.81. The highest BCUT2D eigenvalue weighted by Crippen LogP contribution is 2.53. The van der Waals surface area contributed by atoms with Crippen molar-refractivity contribution in [1.29, 1.82) is 0 Å². The van der Waals surface area contributed by atoms with E-state index < -0.39 is 218 Å². The van der Waals surface area contributed by atoms with Crippen molar-refractivity contribution < 1.29 is 154 Å². The highest BCUT2D eigenvalue weighted by Gasteiger charge is 2.73. The molecule has 0 bridgehead atoms. The van der Waals surface area contributed by atoms with Gasteiger partial charge < -0.3 is 140 Å². The zero-order chi connectivity index (χ0) is 68.9. The topological polar surface area (TPSA) is 385 Å².